The highest BCUT2D eigenvalue weighted by Gasteiger charge is 2.37. The molecule has 19 heavy (non-hydrogen) atoms. The highest BCUT2D eigenvalue weighted by atomic mass is 16.2. The van der Waals surface area contributed by atoms with Gasteiger partial charge in [0.2, 0.25) is 11.8 Å². The summed E-state index contributed by atoms with van der Waals surface area (Å²) >= 11 is 0. The van der Waals surface area contributed by atoms with Gasteiger partial charge in [-0.25, -0.2) is 0 Å². The first-order valence-electron chi connectivity index (χ1n) is 7.62. The Bertz CT molecular complexity index is 352. The fourth-order valence-corrected chi connectivity index (χ4v) is 2.91. The van der Waals surface area contributed by atoms with E-state index in [1.165, 1.54) is 19.3 Å². The van der Waals surface area contributed by atoms with Crippen molar-refractivity contribution in [3.8, 4) is 0 Å². The molecule has 4 heteroatoms. The summed E-state index contributed by atoms with van der Waals surface area (Å²) in [7, 11) is 0. The highest BCUT2D eigenvalue weighted by Crippen LogP contribution is 2.29. The lowest BCUT2D eigenvalue weighted by atomic mass is 9.84. The van der Waals surface area contributed by atoms with Gasteiger partial charge in [0.1, 0.15) is 6.04 Å². The van der Waals surface area contributed by atoms with Crippen molar-refractivity contribution in [2.75, 3.05) is 6.54 Å². The van der Waals surface area contributed by atoms with E-state index in [1.807, 2.05) is 18.7 Å². The maximum Gasteiger partial charge on any atom is 0.245 e. The Morgan fingerprint density at radius 2 is 2.05 bits per heavy atom. The molecule has 2 rings (SSSR count). The van der Waals surface area contributed by atoms with Gasteiger partial charge in [-0.1, -0.05) is 26.7 Å². The zero-order chi connectivity index (χ0) is 14.0. The Morgan fingerprint density at radius 1 is 1.37 bits per heavy atom. The SMILES string of the molecule is CCC(C)C1NC(=O)CC(C)N(CC2CCC2)C1=O. The monoisotopic (exact) mass is 266 g/mol. The highest BCUT2D eigenvalue weighted by molar-refractivity contribution is 5.90. The van der Waals surface area contributed by atoms with Crippen molar-refractivity contribution < 1.29 is 9.59 Å². The lowest BCUT2D eigenvalue weighted by molar-refractivity contribution is -0.137. The molecule has 1 saturated carbocycles. The van der Waals surface area contributed by atoms with Crippen molar-refractivity contribution >= 4 is 11.8 Å². The quantitative estimate of drug-likeness (QED) is 0.845. The molecule has 0 aromatic carbocycles. The molecule has 108 valence electrons. The Morgan fingerprint density at radius 3 is 2.58 bits per heavy atom. The van der Waals surface area contributed by atoms with Crippen LogP contribution in [0.25, 0.3) is 0 Å². The molecule has 2 fully saturated rings. The van der Waals surface area contributed by atoms with Crippen LogP contribution in [0.3, 0.4) is 0 Å². The first kappa shape index (κ1) is 14.4. The number of nitrogens with one attached hydrogen (secondary N) is 1. The van der Waals surface area contributed by atoms with E-state index >= 15 is 0 Å². The Balaban J connectivity index is 2.13. The lowest BCUT2D eigenvalue weighted by Crippen LogP contribution is -2.51. The van der Waals surface area contributed by atoms with Crippen LogP contribution >= 0.6 is 0 Å². The molecule has 3 unspecified atom stereocenters. The molecule has 1 N–H and O–H groups in total. The average Bonchev–Trinajstić information content (AvgIpc) is 2.42. The van der Waals surface area contributed by atoms with Crippen molar-refractivity contribution in [2.24, 2.45) is 11.8 Å². The van der Waals surface area contributed by atoms with Crippen LogP contribution in [0.4, 0.5) is 0 Å². The third kappa shape index (κ3) is 3.10. The molecule has 0 aromatic rings. The normalized spacial score (nSPS) is 30.6. The van der Waals surface area contributed by atoms with Crippen LogP contribution in [0.15, 0.2) is 0 Å². The van der Waals surface area contributed by atoms with Crippen LogP contribution in [0.1, 0.15) is 52.9 Å². The fraction of sp³-hybridized carbons (Fsp3) is 0.867. The molecular formula is C15H26N2O2. The van der Waals surface area contributed by atoms with E-state index in [-0.39, 0.29) is 29.8 Å². The zero-order valence-electron chi connectivity index (χ0n) is 12.3. The molecule has 1 aliphatic carbocycles. The van der Waals surface area contributed by atoms with Crippen molar-refractivity contribution in [3.05, 3.63) is 0 Å². The molecule has 0 aromatic heterocycles. The van der Waals surface area contributed by atoms with Crippen LogP contribution in [0.2, 0.25) is 0 Å². The van der Waals surface area contributed by atoms with Crippen LogP contribution in [-0.2, 0) is 9.59 Å². The minimum Gasteiger partial charge on any atom is -0.344 e. The minimum absolute atomic E-state index is 0.0160. The second-order valence-corrected chi connectivity index (χ2v) is 6.27. The summed E-state index contributed by atoms with van der Waals surface area (Å²) in [6.45, 7) is 6.94. The maximum atomic E-state index is 12.7. The maximum absolute atomic E-state index is 12.7. The van der Waals surface area contributed by atoms with Gasteiger partial charge in [0.05, 0.1) is 0 Å². The molecule has 2 amide bonds. The van der Waals surface area contributed by atoms with Crippen molar-refractivity contribution in [1.82, 2.24) is 10.2 Å². The van der Waals surface area contributed by atoms with Gasteiger partial charge < -0.3 is 10.2 Å². The largest absolute Gasteiger partial charge is 0.344 e. The second-order valence-electron chi connectivity index (χ2n) is 6.27. The van der Waals surface area contributed by atoms with E-state index in [0.29, 0.717) is 12.3 Å². The van der Waals surface area contributed by atoms with Crippen molar-refractivity contribution in [1.29, 1.82) is 0 Å². The number of nitrogens with zero attached hydrogens (tertiary/aromatic N) is 1. The predicted octanol–water partition coefficient (Wildman–Crippen LogP) is 1.94. The van der Waals surface area contributed by atoms with Crippen molar-refractivity contribution in [3.63, 3.8) is 0 Å². The molecule has 0 bridgehead atoms. The fourth-order valence-electron chi connectivity index (χ4n) is 2.91. The van der Waals surface area contributed by atoms with Gasteiger partial charge in [0.15, 0.2) is 0 Å². The second kappa shape index (κ2) is 5.93. The number of hydrogen-bond donors (Lipinski definition) is 1. The van der Waals surface area contributed by atoms with Crippen LogP contribution < -0.4 is 5.32 Å². The van der Waals surface area contributed by atoms with Crippen LogP contribution in [-0.4, -0.2) is 35.3 Å². The van der Waals surface area contributed by atoms with Gasteiger partial charge in [-0.3, -0.25) is 9.59 Å². The summed E-state index contributed by atoms with van der Waals surface area (Å²) < 4.78 is 0. The van der Waals surface area contributed by atoms with E-state index in [4.69, 9.17) is 0 Å². The average molecular weight is 266 g/mol. The summed E-state index contributed by atoms with van der Waals surface area (Å²) in [6, 6.07) is -0.301. The molecule has 1 aliphatic heterocycles. The molecule has 1 saturated heterocycles. The molecule has 0 radical (unpaired) electrons. The summed E-state index contributed by atoms with van der Waals surface area (Å²) in [4.78, 5) is 26.5. The summed E-state index contributed by atoms with van der Waals surface area (Å²) in [5.41, 5.74) is 0. The number of carbonyl (C=O) groups is 2. The first-order chi connectivity index (χ1) is 9.02. The number of hydrogen-bond acceptors (Lipinski definition) is 2. The number of carbonyl (C=O) groups excluding carboxylic acids is 2. The standard InChI is InChI=1S/C15H26N2O2/c1-4-10(2)14-15(19)17(9-12-6-5-7-12)11(3)8-13(18)16-14/h10-12,14H,4-9H2,1-3H3,(H,16,18). The topological polar surface area (TPSA) is 49.4 Å². The van der Waals surface area contributed by atoms with E-state index in [9.17, 15) is 9.59 Å². The van der Waals surface area contributed by atoms with Gasteiger partial charge in [-0.2, -0.15) is 0 Å². The molecular weight excluding hydrogens is 240 g/mol. The minimum atomic E-state index is -0.331. The van der Waals surface area contributed by atoms with E-state index < -0.39 is 0 Å². The van der Waals surface area contributed by atoms with E-state index in [2.05, 4.69) is 12.2 Å². The van der Waals surface area contributed by atoms with Crippen LogP contribution in [0, 0.1) is 11.8 Å². The van der Waals surface area contributed by atoms with Crippen LogP contribution in [0.5, 0.6) is 0 Å². The van der Waals surface area contributed by atoms with Crippen molar-refractivity contribution in [2.45, 2.75) is 65.0 Å². The Hall–Kier alpha value is -1.06. The smallest absolute Gasteiger partial charge is 0.245 e. The third-order valence-corrected chi connectivity index (χ3v) is 4.77. The predicted molar refractivity (Wildman–Crippen MR) is 74.5 cm³/mol. The van der Waals surface area contributed by atoms with Gasteiger partial charge in [-0.15, -0.1) is 0 Å². The zero-order valence-corrected chi connectivity index (χ0v) is 12.3. The Kier molecular flexibility index (Phi) is 4.48. The lowest BCUT2D eigenvalue weighted by Gasteiger charge is -2.36. The van der Waals surface area contributed by atoms with Gasteiger partial charge >= 0.3 is 0 Å². The molecule has 2 aliphatic rings. The molecule has 3 atom stereocenters. The molecule has 0 spiro atoms. The number of rotatable bonds is 4. The summed E-state index contributed by atoms with van der Waals surface area (Å²) in [6.07, 6.45) is 5.08. The van der Waals surface area contributed by atoms with Gasteiger partial charge in [-0.05, 0) is 31.6 Å². The van der Waals surface area contributed by atoms with Gasteiger partial charge in [0, 0.05) is 19.0 Å². The van der Waals surface area contributed by atoms with Gasteiger partial charge in [0.25, 0.3) is 0 Å². The first-order valence-corrected chi connectivity index (χ1v) is 7.62. The summed E-state index contributed by atoms with van der Waals surface area (Å²) in [5.74, 6) is 0.990. The summed E-state index contributed by atoms with van der Waals surface area (Å²) in [5, 5.41) is 2.92. The van der Waals surface area contributed by atoms with E-state index in [1.54, 1.807) is 0 Å². The molecule has 4 nitrogen and oxygen atoms in total. The third-order valence-electron chi connectivity index (χ3n) is 4.77. The number of amides is 2. The molecule has 1 heterocycles. The van der Waals surface area contributed by atoms with E-state index in [0.717, 1.165) is 13.0 Å². The Labute approximate surface area is 115 Å².